The Morgan fingerprint density at radius 1 is 1.38 bits per heavy atom. The highest BCUT2D eigenvalue weighted by Crippen LogP contribution is 2.25. The molecule has 16 heavy (non-hydrogen) atoms. The van der Waals surface area contributed by atoms with Crippen LogP contribution in [0.1, 0.15) is 11.3 Å². The van der Waals surface area contributed by atoms with Crippen molar-refractivity contribution in [3.8, 4) is 11.3 Å². The lowest BCUT2D eigenvalue weighted by Crippen LogP contribution is -1.86. The van der Waals surface area contributed by atoms with E-state index in [1.54, 1.807) is 0 Å². The highest BCUT2D eigenvalue weighted by Gasteiger charge is 2.12. The van der Waals surface area contributed by atoms with E-state index < -0.39 is 0 Å². The first kappa shape index (κ1) is 10.3. The highest BCUT2D eigenvalue weighted by molar-refractivity contribution is 5.63. The summed E-state index contributed by atoms with van der Waals surface area (Å²) in [5.41, 5.74) is 10.9. The van der Waals surface area contributed by atoms with Gasteiger partial charge in [-0.1, -0.05) is 40.6 Å². The van der Waals surface area contributed by atoms with E-state index in [9.17, 15) is 0 Å². The fourth-order valence-electron chi connectivity index (χ4n) is 1.50. The largest absolute Gasteiger partial charge is 0.361 e. The molecule has 1 heterocycles. The van der Waals surface area contributed by atoms with Gasteiger partial charge in [0.2, 0.25) is 0 Å². The van der Waals surface area contributed by atoms with Crippen molar-refractivity contribution in [2.24, 2.45) is 5.11 Å². The molecule has 0 amide bonds. The van der Waals surface area contributed by atoms with Crippen molar-refractivity contribution in [3.63, 3.8) is 0 Å². The fraction of sp³-hybridized carbons (Fsp3) is 0.182. The third-order valence-corrected chi connectivity index (χ3v) is 2.32. The summed E-state index contributed by atoms with van der Waals surface area (Å²) in [4.78, 5) is 2.74. The van der Waals surface area contributed by atoms with Crippen LogP contribution >= 0.6 is 0 Å². The van der Waals surface area contributed by atoms with Crippen molar-refractivity contribution in [1.29, 1.82) is 0 Å². The second-order valence-corrected chi connectivity index (χ2v) is 3.32. The molecule has 80 valence electrons. The maximum absolute atomic E-state index is 8.32. The highest BCUT2D eigenvalue weighted by atomic mass is 16.5. The molecule has 5 heteroatoms. The summed E-state index contributed by atoms with van der Waals surface area (Å²) in [7, 11) is 0. The Morgan fingerprint density at radius 2 is 2.12 bits per heavy atom. The van der Waals surface area contributed by atoms with Crippen molar-refractivity contribution in [1.82, 2.24) is 5.16 Å². The smallest absolute Gasteiger partial charge is 0.137 e. The molecule has 1 aromatic heterocycles. The average molecular weight is 214 g/mol. The van der Waals surface area contributed by atoms with Crippen molar-refractivity contribution < 1.29 is 4.52 Å². The van der Waals surface area contributed by atoms with Crippen molar-refractivity contribution in [2.75, 3.05) is 0 Å². The van der Waals surface area contributed by atoms with Gasteiger partial charge in [0.1, 0.15) is 11.5 Å². The van der Waals surface area contributed by atoms with Crippen LogP contribution in [0.25, 0.3) is 21.7 Å². The number of nitrogens with zero attached hydrogens (tertiary/aromatic N) is 4. The Balaban J connectivity index is 2.45. The summed E-state index contributed by atoms with van der Waals surface area (Å²) in [6.45, 7) is 2.07. The number of hydrogen-bond donors (Lipinski definition) is 0. The van der Waals surface area contributed by atoms with E-state index in [2.05, 4.69) is 15.2 Å². The van der Waals surface area contributed by atoms with E-state index in [1.165, 1.54) is 0 Å². The summed E-state index contributed by atoms with van der Waals surface area (Å²) in [6, 6.07) is 9.67. The van der Waals surface area contributed by atoms with E-state index in [0.717, 1.165) is 16.8 Å². The molecule has 0 fully saturated rings. The molecule has 0 saturated carbocycles. The van der Waals surface area contributed by atoms with Crippen LogP contribution in [0, 0.1) is 6.92 Å². The molecule has 0 atom stereocenters. The third kappa shape index (κ3) is 1.89. The summed E-state index contributed by atoms with van der Waals surface area (Å²) in [5.74, 6) is 0.686. The van der Waals surface area contributed by atoms with Gasteiger partial charge in [-0.25, -0.2) is 0 Å². The van der Waals surface area contributed by atoms with Gasteiger partial charge in [-0.2, -0.15) is 0 Å². The van der Waals surface area contributed by atoms with E-state index in [4.69, 9.17) is 10.1 Å². The lowest BCUT2D eigenvalue weighted by atomic mass is 10.1. The molecule has 0 radical (unpaired) electrons. The normalized spacial score (nSPS) is 9.81. The molecule has 0 aliphatic rings. The zero-order chi connectivity index (χ0) is 11.4. The number of aryl methyl sites for hydroxylation is 1. The van der Waals surface area contributed by atoms with Gasteiger partial charge in [-0.3, -0.25) is 0 Å². The number of benzene rings is 1. The molecule has 0 saturated heterocycles. The lowest BCUT2D eigenvalue weighted by molar-refractivity contribution is 0.398. The molecule has 0 unspecified atom stereocenters. The Labute approximate surface area is 92.3 Å². The molecule has 0 bridgehead atoms. The van der Waals surface area contributed by atoms with Gasteiger partial charge in [0.25, 0.3) is 0 Å². The molecule has 2 aromatic rings. The topological polar surface area (TPSA) is 74.8 Å². The van der Waals surface area contributed by atoms with Crippen LogP contribution in [0.4, 0.5) is 0 Å². The Kier molecular flexibility index (Phi) is 2.89. The Bertz CT molecular complexity index is 526. The second-order valence-electron chi connectivity index (χ2n) is 3.32. The van der Waals surface area contributed by atoms with E-state index in [-0.39, 0.29) is 6.54 Å². The van der Waals surface area contributed by atoms with Crippen molar-refractivity contribution in [2.45, 2.75) is 13.5 Å². The van der Waals surface area contributed by atoms with Crippen molar-refractivity contribution >= 4 is 0 Å². The number of rotatable bonds is 3. The van der Waals surface area contributed by atoms with Gasteiger partial charge in [0.15, 0.2) is 0 Å². The molecular formula is C11H10N4O. The molecule has 0 aliphatic heterocycles. The van der Waals surface area contributed by atoms with Gasteiger partial charge in [0.05, 0.1) is 6.54 Å². The molecular weight excluding hydrogens is 204 g/mol. The minimum absolute atomic E-state index is 0.260. The average Bonchev–Trinajstić information content (AvgIpc) is 2.69. The molecule has 0 aliphatic carbocycles. The molecule has 0 N–H and O–H groups in total. The van der Waals surface area contributed by atoms with Gasteiger partial charge < -0.3 is 4.52 Å². The quantitative estimate of drug-likeness (QED) is 0.445. The minimum atomic E-state index is 0.260. The summed E-state index contributed by atoms with van der Waals surface area (Å²) >= 11 is 0. The van der Waals surface area contributed by atoms with Gasteiger partial charge in [-0.05, 0) is 12.5 Å². The summed E-state index contributed by atoms with van der Waals surface area (Å²) < 4.78 is 5.11. The molecule has 5 nitrogen and oxygen atoms in total. The molecule has 0 spiro atoms. The fourth-order valence-corrected chi connectivity index (χ4v) is 1.50. The first-order valence-corrected chi connectivity index (χ1v) is 4.84. The first-order chi connectivity index (χ1) is 7.83. The lowest BCUT2D eigenvalue weighted by Gasteiger charge is -1.98. The predicted octanol–water partition coefficient (Wildman–Crippen LogP) is 3.46. The zero-order valence-electron chi connectivity index (χ0n) is 8.79. The summed E-state index contributed by atoms with van der Waals surface area (Å²) in [6.07, 6.45) is 0. The van der Waals surface area contributed by atoms with E-state index in [0.29, 0.717) is 5.76 Å². The van der Waals surface area contributed by atoms with Crippen LogP contribution in [-0.4, -0.2) is 5.16 Å². The zero-order valence-corrected chi connectivity index (χ0v) is 8.79. The summed E-state index contributed by atoms with van der Waals surface area (Å²) in [5, 5.41) is 7.52. The molecule has 1 aromatic carbocycles. The van der Waals surface area contributed by atoms with E-state index in [1.807, 2.05) is 37.3 Å². The standard InChI is InChI=1S/C11H10N4O/c1-8-10(7-13-15-12)11(14-16-8)9-5-3-2-4-6-9/h2-6H,7H2,1H3. The van der Waals surface area contributed by atoms with Crippen LogP contribution < -0.4 is 0 Å². The van der Waals surface area contributed by atoms with Crippen LogP contribution in [-0.2, 0) is 6.54 Å². The number of aromatic nitrogens is 1. The second kappa shape index (κ2) is 4.51. The molecule has 2 rings (SSSR count). The van der Waals surface area contributed by atoms with E-state index >= 15 is 0 Å². The maximum atomic E-state index is 8.32. The maximum Gasteiger partial charge on any atom is 0.137 e. The SMILES string of the molecule is Cc1onc(-c2ccccc2)c1CN=[N+]=[N-]. The van der Waals surface area contributed by atoms with Crippen LogP contribution in [0.3, 0.4) is 0 Å². The van der Waals surface area contributed by atoms with Crippen LogP contribution in [0.2, 0.25) is 0 Å². The Morgan fingerprint density at radius 3 is 2.81 bits per heavy atom. The predicted molar refractivity (Wildman–Crippen MR) is 59.5 cm³/mol. The first-order valence-electron chi connectivity index (χ1n) is 4.84. The Hall–Kier alpha value is -2.26. The van der Waals surface area contributed by atoms with Gasteiger partial charge in [0, 0.05) is 16.0 Å². The minimum Gasteiger partial charge on any atom is -0.361 e. The third-order valence-electron chi connectivity index (χ3n) is 2.32. The van der Waals surface area contributed by atoms with Crippen LogP contribution in [0.5, 0.6) is 0 Å². The number of azide groups is 1. The number of hydrogen-bond acceptors (Lipinski definition) is 3. The van der Waals surface area contributed by atoms with Crippen molar-refractivity contribution in [3.05, 3.63) is 52.1 Å². The van der Waals surface area contributed by atoms with Gasteiger partial charge >= 0.3 is 0 Å². The van der Waals surface area contributed by atoms with Gasteiger partial charge in [-0.15, -0.1) is 0 Å². The monoisotopic (exact) mass is 214 g/mol. The van der Waals surface area contributed by atoms with Crippen LogP contribution in [0.15, 0.2) is 40.0 Å².